The number of benzene rings is 3. The van der Waals surface area contributed by atoms with Crippen LogP contribution < -0.4 is 19.1 Å². The van der Waals surface area contributed by atoms with Crippen molar-refractivity contribution < 1.29 is 27.5 Å². The zero-order valence-electron chi connectivity index (χ0n) is 21.3. The van der Waals surface area contributed by atoms with Crippen LogP contribution in [0, 0.1) is 0 Å². The van der Waals surface area contributed by atoms with E-state index in [1.807, 2.05) is 13.8 Å². The summed E-state index contributed by atoms with van der Waals surface area (Å²) >= 11 is 0. The standard InChI is InChI=1S/C27H31N3O6S/c1-5-29(6-2)27(32)22-14-10-11-15-23(22)28-26(31)19-30(37(33,34)21-12-8-7-9-13-21)24-17-16-20(35-3)18-25(24)36-4/h7-18H,5-6,19H2,1-4H3,(H,28,31). The third-order valence-electron chi connectivity index (χ3n) is 5.76. The molecule has 0 saturated heterocycles. The predicted molar refractivity (Wildman–Crippen MR) is 143 cm³/mol. The molecule has 0 aliphatic heterocycles. The summed E-state index contributed by atoms with van der Waals surface area (Å²) < 4.78 is 39.0. The molecule has 1 N–H and O–H groups in total. The van der Waals surface area contributed by atoms with E-state index in [-0.39, 0.29) is 22.2 Å². The molecule has 0 spiro atoms. The normalized spacial score (nSPS) is 10.9. The fraction of sp³-hybridized carbons (Fsp3) is 0.259. The van der Waals surface area contributed by atoms with E-state index in [0.717, 1.165) is 4.31 Å². The maximum Gasteiger partial charge on any atom is 0.264 e. The third-order valence-corrected chi connectivity index (χ3v) is 7.53. The van der Waals surface area contributed by atoms with E-state index in [9.17, 15) is 18.0 Å². The third kappa shape index (κ3) is 6.21. The average molecular weight is 526 g/mol. The van der Waals surface area contributed by atoms with Crippen molar-refractivity contribution >= 4 is 33.2 Å². The molecule has 196 valence electrons. The quantitative estimate of drug-likeness (QED) is 0.405. The first kappa shape index (κ1) is 27.5. The average Bonchev–Trinajstić information content (AvgIpc) is 2.92. The highest BCUT2D eigenvalue weighted by molar-refractivity contribution is 7.92. The van der Waals surface area contributed by atoms with E-state index in [1.54, 1.807) is 59.5 Å². The minimum Gasteiger partial charge on any atom is -0.497 e. The van der Waals surface area contributed by atoms with Crippen LogP contribution in [-0.4, -0.2) is 59.0 Å². The number of sulfonamides is 1. The number of rotatable bonds is 11. The van der Waals surface area contributed by atoms with Crippen LogP contribution in [0.25, 0.3) is 0 Å². The van der Waals surface area contributed by atoms with Crippen molar-refractivity contribution in [3.8, 4) is 11.5 Å². The molecule has 3 aromatic carbocycles. The van der Waals surface area contributed by atoms with Gasteiger partial charge in [0.2, 0.25) is 5.91 Å². The number of nitrogens with zero attached hydrogens (tertiary/aromatic N) is 2. The van der Waals surface area contributed by atoms with Crippen LogP contribution >= 0.6 is 0 Å². The van der Waals surface area contributed by atoms with Crippen molar-refractivity contribution in [3.63, 3.8) is 0 Å². The summed E-state index contributed by atoms with van der Waals surface area (Å²) in [7, 11) is -1.28. The molecule has 0 aliphatic carbocycles. The van der Waals surface area contributed by atoms with E-state index in [1.165, 1.54) is 32.4 Å². The maximum atomic E-state index is 13.7. The van der Waals surface area contributed by atoms with Gasteiger partial charge in [0.1, 0.15) is 18.0 Å². The molecule has 0 aromatic heterocycles. The first-order chi connectivity index (χ1) is 17.8. The van der Waals surface area contributed by atoms with Gasteiger partial charge in [-0.25, -0.2) is 8.42 Å². The summed E-state index contributed by atoms with van der Waals surface area (Å²) in [6.07, 6.45) is 0. The lowest BCUT2D eigenvalue weighted by Crippen LogP contribution is -2.39. The molecule has 0 radical (unpaired) electrons. The van der Waals surface area contributed by atoms with Crippen LogP contribution in [0.4, 0.5) is 11.4 Å². The summed E-state index contributed by atoms with van der Waals surface area (Å²) in [5, 5.41) is 2.72. The van der Waals surface area contributed by atoms with Gasteiger partial charge in [-0.1, -0.05) is 30.3 Å². The number of methoxy groups -OCH3 is 2. The summed E-state index contributed by atoms with van der Waals surface area (Å²) in [5.74, 6) is -0.182. The SMILES string of the molecule is CCN(CC)C(=O)c1ccccc1NC(=O)CN(c1ccc(OC)cc1OC)S(=O)(=O)c1ccccc1. The summed E-state index contributed by atoms with van der Waals surface area (Å²) in [4.78, 5) is 27.9. The summed E-state index contributed by atoms with van der Waals surface area (Å²) in [6, 6.07) is 19.1. The molecule has 37 heavy (non-hydrogen) atoms. The lowest BCUT2D eigenvalue weighted by molar-refractivity contribution is -0.114. The van der Waals surface area contributed by atoms with E-state index in [2.05, 4.69) is 5.32 Å². The number of carbonyl (C=O) groups excluding carboxylic acids is 2. The molecule has 0 bridgehead atoms. The first-order valence-corrected chi connectivity index (χ1v) is 13.2. The number of hydrogen-bond donors (Lipinski definition) is 1. The van der Waals surface area contributed by atoms with Crippen LogP contribution in [0.3, 0.4) is 0 Å². The predicted octanol–water partition coefficient (Wildman–Crippen LogP) is 4.02. The number of nitrogens with one attached hydrogen (secondary N) is 1. The fourth-order valence-corrected chi connectivity index (χ4v) is 5.24. The van der Waals surface area contributed by atoms with Gasteiger partial charge in [-0.3, -0.25) is 13.9 Å². The fourth-order valence-electron chi connectivity index (χ4n) is 3.79. The zero-order chi connectivity index (χ0) is 27.0. The molecule has 0 saturated carbocycles. The smallest absolute Gasteiger partial charge is 0.264 e. The van der Waals surface area contributed by atoms with Crippen molar-refractivity contribution in [1.82, 2.24) is 4.90 Å². The van der Waals surface area contributed by atoms with Gasteiger partial charge in [-0.15, -0.1) is 0 Å². The molecule has 2 amide bonds. The molecule has 0 atom stereocenters. The van der Waals surface area contributed by atoms with Crippen LogP contribution in [0.15, 0.2) is 77.7 Å². The second kappa shape index (κ2) is 12.3. The Morgan fingerprint density at radius 2 is 1.51 bits per heavy atom. The second-order valence-electron chi connectivity index (χ2n) is 7.93. The lowest BCUT2D eigenvalue weighted by Gasteiger charge is -2.26. The van der Waals surface area contributed by atoms with Gasteiger partial charge in [0.05, 0.1) is 36.1 Å². The topological polar surface area (TPSA) is 105 Å². The van der Waals surface area contributed by atoms with E-state index < -0.39 is 22.5 Å². The molecule has 3 aromatic rings. The Bertz CT molecular complexity index is 1340. The zero-order valence-corrected chi connectivity index (χ0v) is 22.1. The minimum atomic E-state index is -4.16. The Hall–Kier alpha value is -4.05. The van der Waals surface area contributed by atoms with E-state index >= 15 is 0 Å². The number of hydrogen-bond acceptors (Lipinski definition) is 6. The number of para-hydroxylation sites is 1. The second-order valence-corrected chi connectivity index (χ2v) is 9.80. The maximum absolute atomic E-state index is 13.7. The van der Waals surface area contributed by atoms with Crippen molar-refractivity contribution in [2.75, 3.05) is 43.5 Å². The highest BCUT2D eigenvalue weighted by atomic mass is 32.2. The van der Waals surface area contributed by atoms with Gasteiger partial charge in [0, 0.05) is 19.2 Å². The molecule has 3 rings (SSSR count). The molecule has 0 heterocycles. The summed E-state index contributed by atoms with van der Waals surface area (Å²) in [6.45, 7) is 4.21. The number of ether oxygens (including phenoxy) is 2. The van der Waals surface area contributed by atoms with Crippen LogP contribution in [0.1, 0.15) is 24.2 Å². The monoisotopic (exact) mass is 525 g/mol. The molecule has 0 aliphatic rings. The van der Waals surface area contributed by atoms with E-state index in [0.29, 0.717) is 30.1 Å². The molecule has 0 fully saturated rings. The van der Waals surface area contributed by atoms with Gasteiger partial charge in [-0.05, 0) is 50.2 Å². The molecule has 10 heteroatoms. The van der Waals surface area contributed by atoms with Crippen LogP contribution in [-0.2, 0) is 14.8 Å². The first-order valence-electron chi connectivity index (χ1n) is 11.7. The molecular weight excluding hydrogens is 494 g/mol. The van der Waals surface area contributed by atoms with Gasteiger partial charge >= 0.3 is 0 Å². The van der Waals surface area contributed by atoms with Gasteiger partial charge in [0.15, 0.2) is 0 Å². The van der Waals surface area contributed by atoms with Crippen molar-refractivity contribution in [3.05, 3.63) is 78.4 Å². The highest BCUT2D eigenvalue weighted by Gasteiger charge is 2.30. The number of amides is 2. The minimum absolute atomic E-state index is 0.0118. The Kier molecular flexibility index (Phi) is 9.13. The number of carbonyl (C=O) groups is 2. The van der Waals surface area contributed by atoms with E-state index in [4.69, 9.17) is 9.47 Å². The Balaban J connectivity index is 2.01. The van der Waals surface area contributed by atoms with Crippen molar-refractivity contribution in [2.24, 2.45) is 0 Å². The molecule has 9 nitrogen and oxygen atoms in total. The number of anilines is 2. The van der Waals surface area contributed by atoms with Crippen LogP contribution in [0.2, 0.25) is 0 Å². The lowest BCUT2D eigenvalue weighted by atomic mass is 10.1. The van der Waals surface area contributed by atoms with Gasteiger partial charge in [-0.2, -0.15) is 0 Å². The largest absolute Gasteiger partial charge is 0.497 e. The Morgan fingerprint density at radius 3 is 2.14 bits per heavy atom. The summed E-state index contributed by atoms with van der Waals surface area (Å²) in [5.41, 5.74) is 0.775. The van der Waals surface area contributed by atoms with Gasteiger partial charge in [0.25, 0.3) is 15.9 Å². The van der Waals surface area contributed by atoms with Gasteiger partial charge < -0.3 is 19.7 Å². The van der Waals surface area contributed by atoms with Crippen molar-refractivity contribution in [2.45, 2.75) is 18.7 Å². The highest BCUT2D eigenvalue weighted by Crippen LogP contribution is 2.35. The Morgan fingerprint density at radius 1 is 0.865 bits per heavy atom. The molecular formula is C27H31N3O6S. The molecule has 0 unspecified atom stereocenters. The Labute approximate surface area is 217 Å². The van der Waals surface area contributed by atoms with Crippen molar-refractivity contribution in [1.29, 1.82) is 0 Å². The van der Waals surface area contributed by atoms with Crippen LogP contribution in [0.5, 0.6) is 11.5 Å².